The predicted octanol–water partition coefficient (Wildman–Crippen LogP) is 2.59. The number of hydrogen-bond acceptors (Lipinski definition) is 2. The van der Waals surface area contributed by atoms with Crippen LogP contribution in [0.3, 0.4) is 0 Å². The maximum absolute atomic E-state index is 10.8. The summed E-state index contributed by atoms with van der Waals surface area (Å²) < 4.78 is 5.58. The summed E-state index contributed by atoms with van der Waals surface area (Å²) in [6.07, 6.45) is 7.10. The minimum atomic E-state index is -0.822. The van der Waals surface area contributed by atoms with Crippen LogP contribution in [0.5, 0.6) is 0 Å². The second-order valence-electron chi connectivity index (χ2n) is 3.98. The molecule has 0 aliphatic heterocycles. The molecule has 1 atom stereocenters. The van der Waals surface area contributed by atoms with Crippen LogP contribution in [-0.4, -0.2) is 23.3 Å². The van der Waals surface area contributed by atoms with Crippen LogP contribution in [0.2, 0.25) is 0 Å². The van der Waals surface area contributed by atoms with Crippen molar-refractivity contribution in [3.8, 4) is 0 Å². The Labute approximate surface area is 85.5 Å². The lowest BCUT2D eigenvalue weighted by Crippen LogP contribution is -2.28. The Hall–Kier alpha value is -0.570. The molecule has 0 aromatic rings. The van der Waals surface area contributed by atoms with Crippen LogP contribution < -0.4 is 0 Å². The Morgan fingerprint density at radius 3 is 2.36 bits per heavy atom. The molecule has 1 fully saturated rings. The van der Waals surface area contributed by atoms with E-state index in [-0.39, 0.29) is 6.10 Å². The molecule has 1 N–H and O–H groups in total. The highest BCUT2D eigenvalue weighted by Crippen LogP contribution is 2.21. The van der Waals surface area contributed by atoms with E-state index < -0.39 is 12.1 Å². The molecular weight excluding hydrogens is 180 g/mol. The molecule has 1 aliphatic rings. The molecule has 1 saturated carbocycles. The fourth-order valence-corrected chi connectivity index (χ4v) is 1.94. The van der Waals surface area contributed by atoms with E-state index in [1.54, 1.807) is 0 Å². The molecule has 1 aliphatic carbocycles. The predicted molar refractivity (Wildman–Crippen MR) is 54.3 cm³/mol. The number of rotatable bonds is 4. The Balaban J connectivity index is 2.35. The van der Waals surface area contributed by atoms with E-state index in [2.05, 4.69) is 0 Å². The number of hydrogen-bond donors (Lipinski definition) is 1. The zero-order valence-corrected chi connectivity index (χ0v) is 8.87. The number of carbonyl (C=O) groups is 1. The molecule has 1 unspecified atom stereocenters. The van der Waals surface area contributed by atoms with Crippen molar-refractivity contribution in [2.75, 3.05) is 0 Å². The van der Waals surface area contributed by atoms with E-state index in [0.29, 0.717) is 6.42 Å². The van der Waals surface area contributed by atoms with Crippen LogP contribution >= 0.6 is 0 Å². The van der Waals surface area contributed by atoms with Crippen LogP contribution in [0.4, 0.5) is 0 Å². The minimum absolute atomic E-state index is 0.179. The SMILES string of the molecule is CCC(OC1CCCCCC1)C(=O)O. The lowest BCUT2D eigenvalue weighted by Gasteiger charge is -2.19. The van der Waals surface area contributed by atoms with E-state index >= 15 is 0 Å². The van der Waals surface area contributed by atoms with Gasteiger partial charge in [-0.3, -0.25) is 0 Å². The van der Waals surface area contributed by atoms with E-state index in [1.165, 1.54) is 25.7 Å². The molecular formula is C11H20O3. The average molecular weight is 200 g/mol. The summed E-state index contributed by atoms with van der Waals surface area (Å²) in [4.78, 5) is 10.8. The van der Waals surface area contributed by atoms with Crippen molar-refractivity contribution < 1.29 is 14.6 Å². The van der Waals surface area contributed by atoms with Gasteiger partial charge in [-0.2, -0.15) is 0 Å². The summed E-state index contributed by atoms with van der Waals surface area (Å²) in [5.41, 5.74) is 0. The lowest BCUT2D eigenvalue weighted by atomic mass is 10.1. The first-order valence-electron chi connectivity index (χ1n) is 5.62. The second kappa shape index (κ2) is 6.02. The standard InChI is InChI=1S/C11H20O3/c1-2-10(11(12)13)14-9-7-5-3-4-6-8-9/h9-10H,2-8H2,1H3,(H,12,13). The molecule has 82 valence electrons. The van der Waals surface area contributed by atoms with Gasteiger partial charge in [0.2, 0.25) is 0 Å². The van der Waals surface area contributed by atoms with Crippen LogP contribution in [0.1, 0.15) is 51.9 Å². The van der Waals surface area contributed by atoms with Crippen molar-refractivity contribution in [1.82, 2.24) is 0 Å². The van der Waals surface area contributed by atoms with E-state index in [9.17, 15) is 4.79 Å². The average Bonchev–Trinajstić information content (AvgIpc) is 2.41. The van der Waals surface area contributed by atoms with E-state index in [0.717, 1.165) is 12.8 Å². The molecule has 1 rings (SSSR count). The van der Waals surface area contributed by atoms with Crippen molar-refractivity contribution >= 4 is 5.97 Å². The molecule has 0 saturated heterocycles. The van der Waals surface area contributed by atoms with Gasteiger partial charge in [-0.1, -0.05) is 32.6 Å². The van der Waals surface area contributed by atoms with Crippen molar-refractivity contribution in [3.63, 3.8) is 0 Å². The number of carboxylic acids is 1. The maximum Gasteiger partial charge on any atom is 0.332 e. The van der Waals surface area contributed by atoms with Gasteiger partial charge in [0.15, 0.2) is 6.10 Å². The zero-order valence-electron chi connectivity index (χ0n) is 8.87. The van der Waals surface area contributed by atoms with E-state index in [4.69, 9.17) is 9.84 Å². The monoisotopic (exact) mass is 200 g/mol. The second-order valence-corrected chi connectivity index (χ2v) is 3.98. The van der Waals surface area contributed by atoms with Crippen LogP contribution in [-0.2, 0) is 9.53 Å². The van der Waals surface area contributed by atoms with E-state index in [1.807, 2.05) is 6.92 Å². The number of ether oxygens (including phenoxy) is 1. The number of carboxylic acid groups (broad SMARTS) is 1. The fourth-order valence-electron chi connectivity index (χ4n) is 1.94. The third-order valence-corrected chi connectivity index (χ3v) is 2.81. The highest BCUT2D eigenvalue weighted by atomic mass is 16.5. The minimum Gasteiger partial charge on any atom is -0.479 e. The topological polar surface area (TPSA) is 46.5 Å². The smallest absolute Gasteiger partial charge is 0.332 e. The first kappa shape index (κ1) is 11.5. The van der Waals surface area contributed by atoms with Gasteiger partial charge in [0.1, 0.15) is 0 Å². The largest absolute Gasteiger partial charge is 0.479 e. The summed E-state index contributed by atoms with van der Waals surface area (Å²) >= 11 is 0. The Kier molecular flexibility index (Phi) is 4.94. The third-order valence-electron chi connectivity index (χ3n) is 2.81. The first-order valence-corrected chi connectivity index (χ1v) is 5.62. The fraction of sp³-hybridized carbons (Fsp3) is 0.909. The number of aliphatic carboxylic acids is 1. The van der Waals surface area contributed by atoms with Gasteiger partial charge in [-0.15, -0.1) is 0 Å². The van der Waals surface area contributed by atoms with Gasteiger partial charge >= 0.3 is 5.97 Å². The first-order chi connectivity index (χ1) is 6.74. The van der Waals surface area contributed by atoms with Crippen molar-refractivity contribution in [1.29, 1.82) is 0 Å². The molecule has 3 nitrogen and oxygen atoms in total. The van der Waals surface area contributed by atoms with Crippen molar-refractivity contribution in [3.05, 3.63) is 0 Å². The highest BCUT2D eigenvalue weighted by molar-refractivity contribution is 5.72. The maximum atomic E-state index is 10.8. The van der Waals surface area contributed by atoms with Gasteiger partial charge in [0, 0.05) is 0 Å². The van der Waals surface area contributed by atoms with Crippen LogP contribution in [0.25, 0.3) is 0 Å². The van der Waals surface area contributed by atoms with Crippen molar-refractivity contribution in [2.24, 2.45) is 0 Å². The molecule has 0 bridgehead atoms. The molecule has 0 aromatic carbocycles. The Morgan fingerprint density at radius 2 is 1.93 bits per heavy atom. The third kappa shape index (κ3) is 3.66. The molecule has 0 heterocycles. The van der Waals surface area contributed by atoms with Crippen LogP contribution in [0, 0.1) is 0 Å². The molecule has 3 heteroatoms. The zero-order chi connectivity index (χ0) is 10.4. The molecule has 0 aromatic heterocycles. The molecule has 0 spiro atoms. The molecule has 0 amide bonds. The normalized spacial score (nSPS) is 21.5. The van der Waals surface area contributed by atoms with Gasteiger partial charge in [-0.25, -0.2) is 4.79 Å². The van der Waals surface area contributed by atoms with Gasteiger partial charge in [-0.05, 0) is 19.3 Å². The molecule has 14 heavy (non-hydrogen) atoms. The highest BCUT2D eigenvalue weighted by Gasteiger charge is 2.21. The Bertz CT molecular complexity index is 171. The summed E-state index contributed by atoms with van der Waals surface area (Å²) in [7, 11) is 0. The van der Waals surface area contributed by atoms with Crippen molar-refractivity contribution in [2.45, 2.75) is 64.1 Å². The lowest BCUT2D eigenvalue weighted by molar-refractivity contribution is -0.155. The van der Waals surface area contributed by atoms with Crippen LogP contribution in [0.15, 0.2) is 0 Å². The summed E-state index contributed by atoms with van der Waals surface area (Å²) in [5.74, 6) is -0.822. The van der Waals surface area contributed by atoms with Gasteiger partial charge < -0.3 is 9.84 Å². The van der Waals surface area contributed by atoms with Gasteiger partial charge in [0.05, 0.1) is 6.10 Å². The quantitative estimate of drug-likeness (QED) is 0.709. The summed E-state index contributed by atoms with van der Waals surface area (Å²) in [5, 5.41) is 8.85. The summed E-state index contributed by atoms with van der Waals surface area (Å²) in [6.45, 7) is 1.86. The summed E-state index contributed by atoms with van der Waals surface area (Å²) in [6, 6.07) is 0. The van der Waals surface area contributed by atoms with Gasteiger partial charge in [0.25, 0.3) is 0 Å². The Morgan fingerprint density at radius 1 is 1.36 bits per heavy atom. The molecule has 0 radical (unpaired) electrons.